The van der Waals surface area contributed by atoms with Gasteiger partial charge in [0.05, 0.1) is 0 Å². The predicted molar refractivity (Wildman–Crippen MR) is 45.5 cm³/mol. The van der Waals surface area contributed by atoms with Crippen LogP contribution < -0.4 is 25.5 Å². The third kappa shape index (κ3) is 466. The van der Waals surface area contributed by atoms with E-state index < -0.39 is 30.8 Å². The van der Waals surface area contributed by atoms with Crippen molar-refractivity contribution in [2.45, 2.75) is 0 Å². The maximum atomic E-state index is 8.78. The predicted octanol–water partition coefficient (Wildman–Crippen LogP) is -5.96. The summed E-state index contributed by atoms with van der Waals surface area (Å²) in [5.41, 5.74) is 0. The Bertz CT molecular complexity index is 324. The van der Waals surface area contributed by atoms with Crippen LogP contribution in [0, 0.1) is 0 Å². The van der Waals surface area contributed by atoms with Crippen LogP contribution in [0.3, 0.4) is 0 Å². The van der Waals surface area contributed by atoms with E-state index in [-0.39, 0.29) is 393 Å². The summed E-state index contributed by atoms with van der Waals surface area (Å²) in [4.78, 5) is 56.7. The molecule has 0 saturated carbocycles. The molecule has 0 saturated heterocycles. The zero-order valence-corrected chi connectivity index (χ0v) is 39.5. The van der Waals surface area contributed by atoms with Gasteiger partial charge in [-0.15, -0.1) is 0 Å². The number of carboxylic acid groups (broad SMARTS) is 5. The molecule has 0 aliphatic heterocycles. The number of carbonyl (C=O) groups is 5. The van der Waals surface area contributed by atoms with Gasteiger partial charge < -0.3 is 73.9 Å². The molecule has 0 heterocycles. The minimum Gasteiger partial charge on any atom is -0.424 e. The van der Waals surface area contributed by atoms with E-state index in [1.165, 1.54) is 0 Å². The molecule has 0 atom stereocenters. The summed E-state index contributed by atoms with van der Waals surface area (Å²) in [5.74, 6) is 0. The number of hydrogen-bond acceptors (Lipinski definition) is 20. The van der Waals surface area contributed by atoms with Gasteiger partial charge in [0.25, 0.3) is 30.8 Å². The van der Waals surface area contributed by atoms with Gasteiger partial charge in [-0.25, -0.2) is 0 Å². The summed E-state index contributed by atoms with van der Waals surface area (Å²) in [7, 11) is 0. The Labute approximate surface area is 514 Å². The van der Waals surface area contributed by atoms with Gasteiger partial charge in [0, 0.05) is 0 Å². The molecule has 0 amide bonds. The first-order valence-electron chi connectivity index (χ1n) is 3.97. The number of carbonyl (C=O) groups excluding carboxylic acids is 5. The van der Waals surface area contributed by atoms with Crippen molar-refractivity contribution in [3.8, 4) is 0 Å². The smallest absolute Gasteiger partial charge is 0.424 e. The largest absolute Gasteiger partial charge is 2.00 e. The second-order valence-corrected chi connectivity index (χ2v) is 1.71. The number of rotatable bonds is 0. The average Bonchev–Trinajstić information content (AvgIpc) is 2.56. The van der Waals surface area contributed by atoms with E-state index in [1.807, 2.05) is 0 Å². The Morgan fingerprint density at radius 1 is 0.229 bits per heavy atom. The molecular formula is C5H5Cu23O20+41. The standard InChI is InChI=1S/5CH2O4.23Cu/c5*2-1(3)5-4;;;;;;;;;;;;;;;;;;;;;;;/h5*4H,(H,2,3);;;;;;;;;;;;;;;;;;;;;;;/q;;;;;23*+2/p-5. The molecule has 0 aromatic rings. The van der Waals surface area contributed by atoms with E-state index in [1.54, 1.807) is 0 Å². The van der Waals surface area contributed by atoms with Crippen LogP contribution in [0.5, 0.6) is 0 Å². The zero-order valence-electron chi connectivity index (χ0n) is 17.8. The van der Waals surface area contributed by atoms with Crippen molar-refractivity contribution < 1.29 is 493 Å². The van der Waals surface area contributed by atoms with Crippen LogP contribution in [-0.2, 0) is 417 Å². The Morgan fingerprint density at radius 2 is 0.250 bits per heavy atom. The van der Waals surface area contributed by atoms with Crippen LogP contribution in [0.15, 0.2) is 0 Å². The van der Waals surface area contributed by atoms with Crippen molar-refractivity contribution in [2.24, 2.45) is 0 Å². The van der Waals surface area contributed by atoms with Crippen molar-refractivity contribution in [2.75, 3.05) is 0 Å². The minimum absolute atomic E-state index is 0. The van der Waals surface area contributed by atoms with Crippen LogP contribution in [0.25, 0.3) is 0 Å². The monoisotopic (exact) mass is 1830 g/mol. The zero-order chi connectivity index (χ0) is 21.4. The van der Waals surface area contributed by atoms with Crippen molar-refractivity contribution >= 4 is 30.8 Å². The SMILES string of the molecule is O=C([O-])OO.O=C([O-])OO.O=C([O-])OO.O=C([O-])OO.O=C([O-])OO.[Cu+2].[Cu+2].[Cu+2].[Cu+2].[Cu+2].[Cu+2].[Cu+2].[Cu+2].[Cu+2].[Cu+2].[Cu+2].[Cu+2].[Cu+2].[Cu+2].[Cu+2].[Cu+2].[Cu+2].[Cu+2].[Cu+2].[Cu+2].[Cu+2].[Cu+2].[Cu+2]. The Hall–Kier alpha value is 8.10. The Morgan fingerprint density at radius 3 is 0.250 bits per heavy atom. The molecule has 5 N–H and O–H groups in total. The van der Waals surface area contributed by atoms with Gasteiger partial charge in [-0.05, 0) is 0 Å². The quantitative estimate of drug-likeness (QED) is 0.0652. The summed E-state index contributed by atoms with van der Waals surface area (Å²) in [5, 5.41) is 78.8. The third-order valence-electron chi connectivity index (χ3n) is 0.373. The van der Waals surface area contributed by atoms with Gasteiger partial charge in [-0.2, -0.15) is 0 Å². The normalized spacial score (nSPS) is 3.44. The second kappa shape index (κ2) is 204. The van der Waals surface area contributed by atoms with E-state index in [0.29, 0.717) is 0 Å². The molecule has 48 heavy (non-hydrogen) atoms. The van der Waals surface area contributed by atoms with E-state index in [2.05, 4.69) is 24.4 Å². The first-order chi connectivity index (χ1) is 11.4. The molecule has 0 spiro atoms. The number of hydrogen-bond donors (Lipinski definition) is 5. The molecule has 0 aromatic carbocycles. The first-order valence-corrected chi connectivity index (χ1v) is 3.97. The summed E-state index contributed by atoms with van der Waals surface area (Å²) < 4.78 is 0. The van der Waals surface area contributed by atoms with E-state index in [4.69, 9.17) is 75.8 Å². The molecular weight excluding hydrogens is 1840 g/mol. The van der Waals surface area contributed by atoms with Gasteiger partial charge in [-0.1, -0.05) is 0 Å². The van der Waals surface area contributed by atoms with Crippen molar-refractivity contribution in [3.63, 3.8) is 0 Å². The summed E-state index contributed by atoms with van der Waals surface area (Å²) >= 11 is 0. The minimum atomic E-state index is -1.94. The van der Waals surface area contributed by atoms with Gasteiger partial charge in [-0.3, -0.25) is 26.3 Å². The Kier molecular flexibility index (Phi) is 918. The third-order valence-corrected chi connectivity index (χ3v) is 0.373. The van der Waals surface area contributed by atoms with Crippen molar-refractivity contribution in [1.82, 2.24) is 0 Å². The van der Waals surface area contributed by atoms with E-state index in [9.17, 15) is 0 Å². The van der Waals surface area contributed by atoms with Crippen LogP contribution in [0.1, 0.15) is 0 Å². The molecule has 0 unspecified atom stereocenters. The van der Waals surface area contributed by atoms with Gasteiger partial charge in [0.1, 0.15) is 0 Å². The van der Waals surface area contributed by atoms with Gasteiger partial charge in [0.2, 0.25) is 0 Å². The molecule has 43 heteroatoms. The fourth-order valence-electron chi connectivity index (χ4n) is 0. The molecule has 0 aliphatic carbocycles. The van der Waals surface area contributed by atoms with Crippen molar-refractivity contribution in [1.29, 1.82) is 0 Å². The van der Waals surface area contributed by atoms with Crippen LogP contribution in [-0.4, -0.2) is 57.1 Å². The first kappa shape index (κ1) is 216. The van der Waals surface area contributed by atoms with E-state index in [0.717, 1.165) is 0 Å². The van der Waals surface area contributed by atoms with Crippen LogP contribution in [0.4, 0.5) is 24.0 Å². The molecule has 23 radical (unpaired) electrons. The molecule has 20 nitrogen and oxygen atoms in total. The summed E-state index contributed by atoms with van der Waals surface area (Å²) in [6, 6.07) is 0. The molecule has 0 aliphatic rings. The van der Waals surface area contributed by atoms with Crippen LogP contribution in [0.2, 0.25) is 0 Å². The second-order valence-electron chi connectivity index (χ2n) is 1.71. The van der Waals surface area contributed by atoms with E-state index >= 15 is 0 Å². The fraction of sp³-hybridized carbons (Fsp3) is 0. The van der Waals surface area contributed by atoms with Gasteiger partial charge in [0.15, 0.2) is 0 Å². The molecule has 0 aromatic heterocycles. The maximum absolute atomic E-state index is 8.78. The molecule has 0 fully saturated rings. The summed E-state index contributed by atoms with van der Waals surface area (Å²) in [6.07, 6.45) is -9.70. The molecule has 0 bridgehead atoms. The Balaban J connectivity index is -0.00000000358. The fourth-order valence-corrected chi connectivity index (χ4v) is 0. The van der Waals surface area contributed by atoms with Crippen LogP contribution >= 0.6 is 0 Å². The molecule has 0 rings (SSSR count). The molecule has 357 valence electrons. The maximum Gasteiger partial charge on any atom is 2.00 e. The topological polar surface area (TPSA) is 348 Å². The van der Waals surface area contributed by atoms with Gasteiger partial charge >= 0.3 is 393 Å². The van der Waals surface area contributed by atoms with Crippen molar-refractivity contribution in [3.05, 3.63) is 0 Å². The average molecular weight is 1850 g/mol. The summed E-state index contributed by atoms with van der Waals surface area (Å²) in [6.45, 7) is 0.